The van der Waals surface area contributed by atoms with Gasteiger partial charge >= 0.3 is 0 Å². The largest absolute Gasteiger partial charge is 0.359 e. The maximum Gasteiger partial charge on any atom is 0.0417 e. The molecule has 1 aromatic rings. The van der Waals surface area contributed by atoms with Crippen LogP contribution in [0.3, 0.4) is 0 Å². The Morgan fingerprint density at radius 1 is 1.23 bits per heavy atom. The van der Waals surface area contributed by atoms with Crippen LogP contribution in [0.25, 0.3) is 6.08 Å². The number of fused-ring (bicyclic) bond motifs is 1. The minimum atomic E-state index is 1.15. The van der Waals surface area contributed by atoms with Crippen molar-refractivity contribution < 1.29 is 0 Å². The lowest BCUT2D eigenvalue weighted by atomic mass is 10.0. The molecule has 0 atom stereocenters. The second kappa shape index (κ2) is 3.25. The molecule has 0 spiro atoms. The van der Waals surface area contributed by atoms with Gasteiger partial charge in [0.05, 0.1) is 0 Å². The van der Waals surface area contributed by atoms with Crippen LogP contribution in [0.5, 0.6) is 0 Å². The van der Waals surface area contributed by atoms with E-state index in [2.05, 4.69) is 43.1 Å². The van der Waals surface area contributed by atoms with E-state index in [9.17, 15) is 0 Å². The quantitative estimate of drug-likeness (QED) is 0.620. The van der Waals surface area contributed by atoms with Crippen molar-refractivity contribution in [3.63, 3.8) is 0 Å². The van der Waals surface area contributed by atoms with Gasteiger partial charge < -0.3 is 4.98 Å². The second-order valence-corrected chi connectivity index (χ2v) is 3.59. The molecule has 0 saturated heterocycles. The summed E-state index contributed by atoms with van der Waals surface area (Å²) in [6, 6.07) is 0. The van der Waals surface area contributed by atoms with Crippen molar-refractivity contribution in [1.29, 1.82) is 0 Å². The predicted molar refractivity (Wildman–Crippen MR) is 56.8 cm³/mol. The van der Waals surface area contributed by atoms with Gasteiger partial charge in [0.2, 0.25) is 0 Å². The number of aromatic amines is 1. The maximum absolute atomic E-state index is 3.41. The van der Waals surface area contributed by atoms with Crippen molar-refractivity contribution in [2.75, 3.05) is 0 Å². The molecule has 1 heteroatoms. The molecule has 1 N–H and O–H groups in total. The topological polar surface area (TPSA) is 15.8 Å². The Hall–Kier alpha value is -1.24. The van der Waals surface area contributed by atoms with Crippen molar-refractivity contribution in [1.82, 2.24) is 4.98 Å². The van der Waals surface area contributed by atoms with Crippen molar-refractivity contribution in [2.24, 2.45) is 0 Å². The Balaban J connectivity index is 2.50. The third kappa shape index (κ3) is 1.46. The van der Waals surface area contributed by atoms with Gasteiger partial charge in [-0.1, -0.05) is 18.2 Å². The summed E-state index contributed by atoms with van der Waals surface area (Å²) in [7, 11) is 0. The lowest BCUT2D eigenvalue weighted by Crippen LogP contribution is -1.89. The monoisotopic (exact) mass is 173 g/mol. The highest BCUT2D eigenvalue weighted by molar-refractivity contribution is 5.56. The van der Waals surface area contributed by atoms with E-state index in [1.807, 2.05) is 0 Å². The van der Waals surface area contributed by atoms with Gasteiger partial charge in [-0.2, -0.15) is 0 Å². The fourth-order valence-corrected chi connectivity index (χ4v) is 1.82. The summed E-state index contributed by atoms with van der Waals surface area (Å²) in [4.78, 5) is 3.41. The number of H-pyrrole nitrogens is 1. The van der Waals surface area contributed by atoms with Crippen LogP contribution in [0.15, 0.2) is 18.2 Å². The summed E-state index contributed by atoms with van der Waals surface area (Å²) in [5.41, 5.74) is 5.50. The number of rotatable bonds is 0. The van der Waals surface area contributed by atoms with Crippen LogP contribution in [0.2, 0.25) is 0 Å². The molecule has 1 aliphatic carbocycles. The highest BCUT2D eigenvalue weighted by Gasteiger charge is 2.08. The van der Waals surface area contributed by atoms with E-state index in [0.29, 0.717) is 0 Å². The van der Waals surface area contributed by atoms with E-state index in [-0.39, 0.29) is 0 Å². The molecule has 2 rings (SSSR count). The molecule has 1 aliphatic rings. The van der Waals surface area contributed by atoms with E-state index >= 15 is 0 Å². The smallest absolute Gasteiger partial charge is 0.0417 e. The first kappa shape index (κ1) is 8.36. The summed E-state index contributed by atoms with van der Waals surface area (Å²) in [5.74, 6) is 0. The number of aryl methyl sites for hydroxylation is 1. The van der Waals surface area contributed by atoms with Gasteiger partial charge in [0.25, 0.3) is 0 Å². The van der Waals surface area contributed by atoms with E-state index in [0.717, 1.165) is 12.8 Å². The molecule has 0 fully saturated rings. The zero-order valence-corrected chi connectivity index (χ0v) is 8.22. The average molecular weight is 173 g/mol. The minimum absolute atomic E-state index is 1.15. The number of allylic oxidation sites excluding steroid dienone is 3. The molecule has 0 aromatic carbocycles. The van der Waals surface area contributed by atoms with Gasteiger partial charge in [0, 0.05) is 11.4 Å². The predicted octanol–water partition coefficient (Wildman–Crippen LogP) is 3.15. The molecule has 0 unspecified atom stereocenters. The highest BCUT2D eigenvalue weighted by atomic mass is 14.7. The zero-order valence-electron chi connectivity index (χ0n) is 8.22. The molecule has 1 heterocycles. The first-order valence-electron chi connectivity index (χ1n) is 4.80. The van der Waals surface area contributed by atoms with Crippen LogP contribution in [0.1, 0.15) is 28.9 Å². The molecule has 0 saturated carbocycles. The SMILES string of the molecule is Cc1[nH]c2c(c1C)CC/C=C/C=C\2. The Morgan fingerprint density at radius 3 is 2.92 bits per heavy atom. The summed E-state index contributed by atoms with van der Waals surface area (Å²) in [5, 5.41) is 0. The fraction of sp³-hybridized carbons (Fsp3) is 0.333. The van der Waals surface area contributed by atoms with Gasteiger partial charge in [-0.05, 0) is 43.9 Å². The summed E-state index contributed by atoms with van der Waals surface area (Å²) in [6.45, 7) is 4.34. The van der Waals surface area contributed by atoms with Crippen molar-refractivity contribution in [2.45, 2.75) is 26.7 Å². The van der Waals surface area contributed by atoms with Gasteiger partial charge in [-0.15, -0.1) is 0 Å². The maximum atomic E-state index is 3.41. The third-order valence-electron chi connectivity index (χ3n) is 2.73. The van der Waals surface area contributed by atoms with Crippen LogP contribution < -0.4 is 0 Å². The van der Waals surface area contributed by atoms with E-state index in [1.54, 1.807) is 0 Å². The number of nitrogens with one attached hydrogen (secondary N) is 1. The van der Waals surface area contributed by atoms with E-state index in [4.69, 9.17) is 0 Å². The molecule has 0 aliphatic heterocycles. The van der Waals surface area contributed by atoms with E-state index < -0.39 is 0 Å². The molecule has 1 nitrogen and oxygen atoms in total. The minimum Gasteiger partial charge on any atom is -0.359 e. The number of hydrogen-bond acceptors (Lipinski definition) is 0. The highest BCUT2D eigenvalue weighted by Crippen LogP contribution is 2.21. The molecular formula is C12H15N. The average Bonchev–Trinajstić information content (AvgIpc) is 2.31. The van der Waals surface area contributed by atoms with Crippen molar-refractivity contribution >= 4 is 6.08 Å². The number of hydrogen-bond donors (Lipinski definition) is 1. The van der Waals surface area contributed by atoms with Crippen LogP contribution in [0, 0.1) is 13.8 Å². The van der Waals surface area contributed by atoms with Gasteiger partial charge in [-0.25, -0.2) is 0 Å². The van der Waals surface area contributed by atoms with Gasteiger partial charge in [0.15, 0.2) is 0 Å². The Labute approximate surface area is 79.2 Å². The normalized spacial score (nSPS) is 20.2. The first-order chi connectivity index (χ1) is 6.29. The van der Waals surface area contributed by atoms with E-state index in [1.165, 1.54) is 22.5 Å². The van der Waals surface area contributed by atoms with Crippen molar-refractivity contribution in [3.8, 4) is 0 Å². The Kier molecular flexibility index (Phi) is 2.09. The number of aromatic nitrogens is 1. The van der Waals surface area contributed by atoms with Crippen molar-refractivity contribution in [3.05, 3.63) is 40.7 Å². The summed E-state index contributed by atoms with van der Waals surface area (Å²) < 4.78 is 0. The van der Waals surface area contributed by atoms with Crippen LogP contribution in [-0.2, 0) is 6.42 Å². The zero-order chi connectivity index (χ0) is 9.26. The van der Waals surface area contributed by atoms with Crippen LogP contribution in [-0.4, -0.2) is 4.98 Å². The lowest BCUT2D eigenvalue weighted by Gasteiger charge is -2.01. The molecule has 0 radical (unpaired) electrons. The molecule has 0 amide bonds. The fourth-order valence-electron chi connectivity index (χ4n) is 1.82. The standard InChI is InChI=1S/C12H15N/c1-9-10(2)13-12-8-6-4-3-5-7-11(9)12/h3-4,6,8,13H,5,7H2,1-2H3/b4-3+,8-6-. The Morgan fingerprint density at radius 2 is 2.08 bits per heavy atom. The van der Waals surface area contributed by atoms with Gasteiger partial charge in [-0.3, -0.25) is 0 Å². The third-order valence-corrected chi connectivity index (χ3v) is 2.73. The first-order valence-corrected chi connectivity index (χ1v) is 4.80. The molecule has 68 valence electrons. The van der Waals surface area contributed by atoms with Crippen LogP contribution in [0.4, 0.5) is 0 Å². The molecule has 0 bridgehead atoms. The second-order valence-electron chi connectivity index (χ2n) is 3.59. The Bertz CT molecular complexity index is 367. The van der Waals surface area contributed by atoms with Crippen LogP contribution >= 0.6 is 0 Å². The molecule has 13 heavy (non-hydrogen) atoms. The summed E-state index contributed by atoms with van der Waals surface area (Å²) in [6.07, 6.45) is 10.9. The summed E-state index contributed by atoms with van der Waals surface area (Å²) >= 11 is 0. The van der Waals surface area contributed by atoms with Gasteiger partial charge in [0.1, 0.15) is 0 Å². The molecule has 1 aromatic heterocycles. The molecular weight excluding hydrogens is 158 g/mol. The lowest BCUT2D eigenvalue weighted by molar-refractivity contribution is 0.986.